The van der Waals surface area contributed by atoms with Gasteiger partial charge in [-0.3, -0.25) is 25.0 Å². The molecule has 1 aromatic carbocycles. The van der Waals surface area contributed by atoms with Gasteiger partial charge in [0.15, 0.2) is 5.82 Å². The second-order valence-electron chi connectivity index (χ2n) is 5.14. The Kier molecular flexibility index (Phi) is 6.49. The number of rotatable bonds is 4. The van der Waals surface area contributed by atoms with Gasteiger partial charge in [-0.1, -0.05) is 12.1 Å². The van der Waals surface area contributed by atoms with Gasteiger partial charge >= 0.3 is 0 Å². The Morgan fingerprint density at radius 3 is 2.77 bits per heavy atom. The third kappa shape index (κ3) is 5.20. The molecule has 0 fully saturated rings. The number of hydrogen-bond acceptors (Lipinski definition) is 5. The Bertz CT molecular complexity index is 897. The molecule has 8 nitrogen and oxygen atoms in total. The number of amides is 1. The minimum Gasteiger partial charge on any atom is -0.483 e. The first-order chi connectivity index (χ1) is 12.5. The number of halogens is 1. The number of carbonyl (C=O) groups is 2. The van der Waals surface area contributed by atoms with Crippen LogP contribution in [0.3, 0.4) is 0 Å². The zero-order valence-corrected chi connectivity index (χ0v) is 13.8. The van der Waals surface area contributed by atoms with E-state index in [0.717, 1.165) is 5.56 Å². The predicted molar refractivity (Wildman–Crippen MR) is 91.8 cm³/mol. The molecule has 2 aromatic heterocycles. The average molecular weight is 357 g/mol. The van der Waals surface area contributed by atoms with Crippen LogP contribution in [0, 0.1) is 12.7 Å². The minimum absolute atomic E-state index is 0.0981. The van der Waals surface area contributed by atoms with Crippen LogP contribution in [0.5, 0.6) is 0 Å². The summed E-state index contributed by atoms with van der Waals surface area (Å²) < 4.78 is 13.7. The molecule has 0 radical (unpaired) electrons. The maximum Gasteiger partial charge on any atom is 0.290 e. The van der Waals surface area contributed by atoms with Crippen molar-refractivity contribution >= 4 is 18.3 Å². The third-order valence-corrected chi connectivity index (χ3v) is 3.18. The van der Waals surface area contributed by atoms with E-state index in [0.29, 0.717) is 11.3 Å². The quantitative estimate of drug-likeness (QED) is 0.616. The van der Waals surface area contributed by atoms with Crippen LogP contribution in [0.2, 0.25) is 0 Å². The fourth-order valence-electron chi connectivity index (χ4n) is 2.12. The van der Waals surface area contributed by atoms with E-state index in [1.165, 1.54) is 6.07 Å². The molecule has 3 rings (SSSR count). The standard InChI is InChI=1S/C16H14FN5O.CH2O2/c1-10-6-7-18-11(8-10)9-14(23)19-16-20-15(21-22-16)12-4-2-3-5-13(12)17;2-1-3/h2-8H,9H2,1H3,(H2,19,20,21,22,23);1H,(H,2,3). The Labute approximate surface area is 148 Å². The van der Waals surface area contributed by atoms with Crippen molar-refractivity contribution < 1.29 is 19.1 Å². The zero-order chi connectivity index (χ0) is 18.9. The van der Waals surface area contributed by atoms with Crippen LogP contribution in [0.1, 0.15) is 11.3 Å². The van der Waals surface area contributed by atoms with Crippen molar-refractivity contribution in [2.75, 3.05) is 5.32 Å². The highest BCUT2D eigenvalue weighted by Gasteiger charge is 2.12. The number of nitrogens with one attached hydrogen (secondary N) is 2. The first kappa shape index (κ1) is 18.7. The molecule has 0 spiro atoms. The number of carbonyl (C=O) groups excluding carboxylic acids is 1. The van der Waals surface area contributed by atoms with E-state index in [-0.39, 0.29) is 30.6 Å². The van der Waals surface area contributed by atoms with Gasteiger partial charge in [0.05, 0.1) is 12.0 Å². The van der Waals surface area contributed by atoms with Gasteiger partial charge in [0.1, 0.15) is 5.82 Å². The minimum atomic E-state index is -0.412. The van der Waals surface area contributed by atoms with Crippen LogP contribution in [-0.4, -0.2) is 37.7 Å². The molecule has 0 saturated heterocycles. The topological polar surface area (TPSA) is 121 Å². The highest BCUT2D eigenvalue weighted by molar-refractivity contribution is 5.90. The van der Waals surface area contributed by atoms with Gasteiger partial charge < -0.3 is 5.11 Å². The van der Waals surface area contributed by atoms with Gasteiger partial charge in [-0.15, -0.1) is 5.10 Å². The van der Waals surface area contributed by atoms with E-state index >= 15 is 0 Å². The van der Waals surface area contributed by atoms with Crippen LogP contribution in [-0.2, 0) is 16.0 Å². The third-order valence-electron chi connectivity index (χ3n) is 3.18. The molecular formula is C17H16FN5O3. The zero-order valence-electron chi connectivity index (χ0n) is 13.8. The average Bonchev–Trinajstić information content (AvgIpc) is 3.04. The van der Waals surface area contributed by atoms with Crippen LogP contribution in [0.4, 0.5) is 10.3 Å². The molecule has 0 aliphatic rings. The molecule has 9 heteroatoms. The Morgan fingerprint density at radius 1 is 1.35 bits per heavy atom. The van der Waals surface area contributed by atoms with Gasteiger partial charge in [-0.05, 0) is 36.8 Å². The molecule has 0 saturated carbocycles. The summed E-state index contributed by atoms with van der Waals surface area (Å²) in [5, 5.41) is 15.9. The number of benzene rings is 1. The fourth-order valence-corrected chi connectivity index (χ4v) is 2.12. The number of aromatic nitrogens is 4. The van der Waals surface area contributed by atoms with E-state index in [9.17, 15) is 9.18 Å². The van der Waals surface area contributed by atoms with Crippen LogP contribution in [0.15, 0.2) is 42.6 Å². The Hall–Kier alpha value is -3.62. The first-order valence-corrected chi connectivity index (χ1v) is 7.50. The summed E-state index contributed by atoms with van der Waals surface area (Å²) in [5.74, 6) is -0.347. The number of carboxylic acid groups (broad SMARTS) is 1. The molecule has 0 aliphatic heterocycles. The lowest BCUT2D eigenvalue weighted by molar-refractivity contribution is -0.123. The molecule has 26 heavy (non-hydrogen) atoms. The molecule has 0 bridgehead atoms. The van der Waals surface area contributed by atoms with Gasteiger partial charge in [-0.2, -0.15) is 4.98 Å². The van der Waals surface area contributed by atoms with Crippen molar-refractivity contribution in [3.63, 3.8) is 0 Å². The molecule has 3 aromatic rings. The molecule has 134 valence electrons. The summed E-state index contributed by atoms with van der Waals surface area (Å²) in [6.07, 6.45) is 1.77. The number of nitrogens with zero attached hydrogens (tertiary/aromatic N) is 3. The summed E-state index contributed by atoms with van der Waals surface area (Å²) >= 11 is 0. The summed E-state index contributed by atoms with van der Waals surface area (Å²) in [6, 6.07) is 9.90. The van der Waals surface area contributed by atoms with Gasteiger partial charge in [0, 0.05) is 11.9 Å². The lowest BCUT2D eigenvalue weighted by Gasteiger charge is -2.01. The first-order valence-electron chi connectivity index (χ1n) is 7.50. The van der Waals surface area contributed by atoms with E-state index in [1.807, 2.05) is 19.1 Å². The van der Waals surface area contributed by atoms with Gasteiger partial charge in [0.2, 0.25) is 11.9 Å². The van der Waals surface area contributed by atoms with Crippen LogP contribution in [0.25, 0.3) is 11.4 Å². The van der Waals surface area contributed by atoms with Crippen molar-refractivity contribution in [3.05, 3.63) is 59.7 Å². The Balaban J connectivity index is 0.000000758. The van der Waals surface area contributed by atoms with Crippen molar-refractivity contribution in [2.24, 2.45) is 0 Å². The van der Waals surface area contributed by atoms with Crippen LogP contribution < -0.4 is 5.32 Å². The number of hydrogen-bond donors (Lipinski definition) is 3. The van der Waals surface area contributed by atoms with E-state index in [2.05, 4.69) is 25.5 Å². The summed E-state index contributed by atoms with van der Waals surface area (Å²) in [7, 11) is 0. The molecule has 3 N–H and O–H groups in total. The normalized spacial score (nSPS) is 9.77. The van der Waals surface area contributed by atoms with Crippen molar-refractivity contribution in [2.45, 2.75) is 13.3 Å². The lowest BCUT2D eigenvalue weighted by atomic mass is 10.2. The maximum absolute atomic E-state index is 13.7. The highest BCUT2D eigenvalue weighted by Crippen LogP contribution is 2.19. The van der Waals surface area contributed by atoms with Gasteiger partial charge in [-0.25, -0.2) is 4.39 Å². The number of aryl methyl sites for hydroxylation is 1. The molecule has 1 amide bonds. The second-order valence-corrected chi connectivity index (χ2v) is 5.14. The van der Waals surface area contributed by atoms with Crippen molar-refractivity contribution in [1.82, 2.24) is 20.2 Å². The SMILES string of the molecule is Cc1ccnc(CC(=O)Nc2n[nH]c(-c3ccccc3F)n2)c1.O=CO. The predicted octanol–water partition coefficient (Wildman–Crippen LogP) is 2.20. The molecule has 0 atom stereocenters. The highest BCUT2D eigenvalue weighted by atomic mass is 19.1. The Morgan fingerprint density at radius 2 is 2.08 bits per heavy atom. The van der Waals surface area contributed by atoms with Crippen molar-refractivity contribution in [3.8, 4) is 11.4 Å². The van der Waals surface area contributed by atoms with E-state index < -0.39 is 5.82 Å². The summed E-state index contributed by atoms with van der Waals surface area (Å²) in [5.41, 5.74) is 1.98. The van der Waals surface area contributed by atoms with E-state index in [4.69, 9.17) is 9.90 Å². The monoisotopic (exact) mass is 357 g/mol. The summed E-state index contributed by atoms with van der Waals surface area (Å²) in [6.45, 7) is 1.68. The number of H-pyrrole nitrogens is 1. The number of aromatic amines is 1. The second kappa shape index (κ2) is 9.02. The maximum atomic E-state index is 13.7. The van der Waals surface area contributed by atoms with Crippen molar-refractivity contribution in [1.29, 1.82) is 0 Å². The molecular weight excluding hydrogens is 341 g/mol. The molecule has 0 aliphatic carbocycles. The molecule has 2 heterocycles. The lowest BCUT2D eigenvalue weighted by Crippen LogP contribution is -2.16. The molecule has 0 unspecified atom stereocenters. The smallest absolute Gasteiger partial charge is 0.290 e. The number of anilines is 1. The number of pyridine rings is 1. The van der Waals surface area contributed by atoms with E-state index in [1.54, 1.807) is 24.4 Å². The van der Waals surface area contributed by atoms with Crippen LogP contribution >= 0.6 is 0 Å². The van der Waals surface area contributed by atoms with Gasteiger partial charge in [0.25, 0.3) is 6.47 Å². The largest absolute Gasteiger partial charge is 0.483 e. The fraction of sp³-hybridized carbons (Fsp3) is 0.118. The summed E-state index contributed by atoms with van der Waals surface area (Å²) in [4.78, 5) is 28.6.